The average Bonchev–Trinajstić information content (AvgIpc) is 2.68. The molecule has 0 saturated heterocycles. The molecule has 3 rings (SSSR count). The molecule has 0 radical (unpaired) electrons. The van der Waals surface area contributed by atoms with Crippen molar-refractivity contribution in [3.05, 3.63) is 35.9 Å². The number of rotatable bonds is 1. The standard InChI is InChI=1S/C13H16N4/c1-9-16-13(11-4-2-3-7-15-11)12-6-5-10(14)8-17(9)12/h2-4,7,10H,5-6,8,14H2,1H3. The summed E-state index contributed by atoms with van der Waals surface area (Å²) >= 11 is 0. The van der Waals surface area contributed by atoms with Crippen LogP contribution in [0.2, 0.25) is 0 Å². The summed E-state index contributed by atoms with van der Waals surface area (Å²) in [5.74, 6) is 1.04. The third kappa shape index (κ3) is 1.74. The lowest BCUT2D eigenvalue weighted by Crippen LogP contribution is -2.32. The first-order valence-electron chi connectivity index (χ1n) is 5.98. The molecule has 1 aliphatic heterocycles. The second-order valence-corrected chi connectivity index (χ2v) is 4.58. The van der Waals surface area contributed by atoms with Crippen LogP contribution in [0.25, 0.3) is 11.4 Å². The normalized spacial score (nSPS) is 19.1. The Hall–Kier alpha value is -1.68. The highest BCUT2D eigenvalue weighted by Crippen LogP contribution is 2.26. The third-order valence-electron chi connectivity index (χ3n) is 3.34. The molecule has 4 nitrogen and oxygen atoms in total. The predicted molar refractivity (Wildman–Crippen MR) is 66.5 cm³/mol. The summed E-state index contributed by atoms with van der Waals surface area (Å²) in [6.07, 6.45) is 3.84. The zero-order valence-electron chi connectivity index (χ0n) is 9.93. The first-order valence-corrected chi connectivity index (χ1v) is 5.98. The van der Waals surface area contributed by atoms with Crippen molar-refractivity contribution in [1.29, 1.82) is 0 Å². The molecule has 0 spiro atoms. The number of aryl methyl sites for hydroxylation is 1. The minimum atomic E-state index is 0.256. The summed E-state index contributed by atoms with van der Waals surface area (Å²) in [7, 11) is 0. The van der Waals surface area contributed by atoms with Gasteiger partial charge in [-0.05, 0) is 31.9 Å². The van der Waals surface area contributed by atoms with Gasteiger partial charge < -0.3 is 10.3 Å². The fraction of sp³-hybridized carbons (Fsp3) is 0.385. The van der Waals surface area contributed by atoms with E-state index in [4.69, 9.17) is 5.73 Å². The van der Waals surface area contributed by atoms with E-state index in [-0.39, 0.29) is 6.04 Å². The minimum Gasteiger partial charge on any atom is -0.330 e. The average molecular weight is 228 g/mol. The molecular weight excluding hydrogens is 212 g/mol. The van der Waals surface area contributed by atoms with Crippen LogP contribution in [-0.2, 0) is 13.0 Å². The first kappa shape index (κ1) is 10.5. The summed E-state index contributed by atoms with van der Waals surface area (Å²) in [6.45, 7) is 2.91. The number of nitrogens with two attached hydrogens (primary N) is 1. The van der Waals surface area contributed by atoms with E-state index in [0.29, 0.717) is 0 Å². The Balaban J connectivity index is 2.11. The third-order valence-corrected chi connectivity index (χ3v) is 3.34. The number of aromatic nitrogens is 3. The van der Waals surface area contributed by atoms with Crippen LogP contribution in [0.3, 0.4) is 0 Å². The van der Waals surface area contributed by atoms with Crippen molar-refractivity contribution >= 4 is 0 Å². The van der Waals surface area contributed by atoms with Gasteiger partial charge >= 0.3 is 0 Å². The molecule has 0 aliphatic carbocycles. The Morgan fingerprint density at radius 3 is 3.06 bits per heavy atom. The first-order chi connectivity index (χ1) is 8.25. The van der Waals surface area contributed by atoms with E-state index in [2.05, 4.69) is 14.5 Å². The van der Waals surface area contributed by atoms with E-state index in [1.807, 2.05) is 31.3 Å². The van der Waals surface area contributed by atoms with Gasteiger partial charge in [0.15, 0.2) is 0 Å². The largest absolute Gasteiger partial charge is 0.330 e. The number of fused-ring (bicyclic) bond motifs is 1. The second-order valence-electron chi connectivity index (χ2n) is 4.58. The molecule has 88 valence electrons. The number of nitrogens with zero attached hydrogens (tertiary/aromatic N) is 3. The molecule has 1 unspecified atom stereocenters. The van der Waals surface area contributed by atoms with Crippen molar-refractivity contribution in [2.75, 3.05) is 0 Å². The molecular formula is C13H16N4. The van der Waals surface area contributed by atoms with Gasteiger partial charge in [0.1, 0.15) is 11.5 Å². The maximum Gasteiger partial charge on any atom is 0.110 e. The molecule has 2 N–H and O–H groups in total. The number of hydrogen-bond donors (Lipinski definition) is 1. The van der Waals surface area contributed by atoms with E-state index in [0.717, 1.165) is 36.6 Å². The molecule has 1 atom stereocenters. The fourth-order valence-electron chi connectivity index (χ4n) is 2.46. The maximum absolute atomic E-state index is 6.00. The van der Waals surface area contributed by atoms with Crippen LogP contribution in [-0.4, -0.2) is 20.6 Å². The number of hydrogen-bond acceptors (Lipinski definition) is 3. The molecule has 17 heavy (non-hydrogen) atoms. The Morgan fingerprint density at radius 2 is 2.29 bits per heavy atom. The van der Waals surface area contributed by atoms with Crippen molar-refractivity contribution in [3.8, 4) is 11.4 Å². The van der Waals surface area contributed by atoms with Gasteiger partial charge in [-0.3, -0.25) is 4.98 Å². The number of imidazole rings is 1. The van der Waals surface area contributed by atoms with Crippen LogP contribution in [0.4, 0.5) is 0 Å². The van der Waals surface area contributed by atoms with E-state index in [1.165, 1.54) is 5.69 Å². The van der Waals surface area contributed by atoms with E-state index in [1.54, 1.807) is 0 Å². The van der Waals surface area contributed by atoms with Crippen molar-refractivity contribution in [2.45, 2.75) is 32.4 Å². The lowest BCUT2D eigenvalue weighted by molar-refractivity contribution is 0.454. The second kappa shape index (κ2) is 3.96. The Morgan fingerprint density at radius 1 is 1.41 bits per heavy atom. The van der Waals surface area contributed by atoms with Crippen LogP contribution in [0, 0.1) is 6.92 Å². The molecule has 0 saturated carbocycles. The highest BCUT2D eigenvalue weighted by atomic mass is 15.1. The molecule has 0 fully saturated rings. The van der Waals surface area contributed by atoms with Crippen molar-refractivity contribution in [2.24, 2.45) is 5.73 Å². The summed E-state index contributed by atoms with van der Waals surface area (Å²) in [4.78, 5) is 9.02. The lowest BCUT2D eigenvalue weighted by atomic mass is 10.0. The minimum absolute atomic E-state index is 0.256. The fourth-order valence-corrected chi connectivity index (χ4v) is 2.46. The topological polar surface area (TPSA) is 56.7 Å². The quantitative estimate of drug-likeness (QED) is 0.805. The summed E-state index contributed by atoms with van der Waals surface area (Å²) < 4.78 is 2.23. The summed E-state index contributed by atoms with van der Waals surface area (Å²) in [5, 5.41) is 0. The van der Waals surface area contributed by atoms with Crippen LogP contribution in [0.5, 0.6) is 0 Å². The zero-order chi connectivity index (χ0) is 11.8. The smallest absolute Gasteiger partial charge is 0.110 e. The Bertz CT molecular complexity index is 530. The van der Waals surface area contributed by atoms with Gasteiger partial charge in [-0.2, -0.15) is 0 Å². The molecule has 0 amide bonds. The molecule has 0 aromatic carbocycles. The zero-order valence-corrected chi connectivity index (χ0v) is 9.93. The summed E-state index contributed by atoms with van der Waals surface area (Å²) in [6, 6.07) is 6.19. The Kier molecular flexibility index (Phi) is 2.44. The van der Waals surface area contributed by atoms with Crippen molar-refractivity contribution < 1.29 is 0 Å². The molecule has 2 aromatic heterocycles. The van der Waals surface area contributed by atoms with Crippen molar-refractivity contribution in [1.82, 2.24) is 14.5 Å². The molecule has 1 aliphatic rings. The number of pyridine rings is 1. The van der Waals surface area contributed by atoms with Gasteiger partial charge in [-0.1, -0.05) is 6.07 Å². The maximum atomic E-state index is 6.00. The van der Waals surface area contributed by atoms with Gasteiger partial charge in [0.25, 0.3) is 0 Å². The van der Waals surface area contributed by atoms with E-state index in [9.17, 15) is 0 Å². The monoisotopic (exact) mass is 228 g/mol. The van der Waals surface area contributed by atoms with Gasteiger partial charge in [0, 0.05) is 24.5 Å². The summed E-state index contributed by atoms with van der Waals surface area (Å²) in [5.41, 5.74) is 9.26. The van der Waals surface area contributed by atoms with Gasteiger partial charge in [0.2, 0.25) is 0 Å². The van der Waals surface area contributed by atoms with Crippen LogP contribution < -0.4 is 5.73 Å². The van der Waals surface area contributed by atoms with Crippen molar-refractivity contribution in [3.63, 3.8) is 0 Å². The highest BCUT2D eigenvalue weighted by molar-refractivity contribution is 5.58. The SMILES string of the molecule is Cc1nc(-c2ccccn2)c2n1CC(N)CC2. The van der Waals surface area contributed by atoms with Crippen LogP contribution >= 0.6 is 0 Å². The molecule has 0 bridgehead atoms. The van der Waals surface area contributed by atoms with E-state index < -0.39 is 0 Å². The van der Waals surface area contributed by atoms with Gasteiger partial charge in [-0.15, -0.1) is 0 Å². The Labute approximate surface area is 101 Å². The van der Waals surface area contributed by atoms with Crippen LogP contribution in [0.15, 0.2) is 24.4 Å². The van der Waals surface area contributed by atoms with Crippen LogP contribution in [0.1, 0.15) is 17.9 Å². The van der Waals surface area contributed by atoms with E-state index >= 15 is 0 Å². The predicted octanol–water partition coefficient (Wildman–Crippen LogP) is 1.53. The lowest BCUT2D eigenvalue weighted by Gasteiger charge is -2.22. The van der Waals surface area contributed by atoms with Gasteiger partial charge in [0.05, 0.1) is 5.69 Å². The van der Waals surface area contributed by atoms with Gasteiger partial charge in [-0.25, -0.2) is 4.98 Å². The highest BCUT2D eigenvalue weighted by Gasteiger charge is 2.22. The molecule has 3 heterocycles. The molecule has 2 aromatic rings. The molecule has 4 heteroatoms.